The van der Waals surface area contributed by atoms with Crippen LogP contribution in [0.25, 0.3) is 22.3 Å². The molecule has 11 heteroatoms. The van der Waals surface area contributed by atoms with Gasteiger partial charge >= 0.3 is 0 Å². The maximum atomic E-state index is 12.2. The minimum absolute atomic E-state index is 0. The monoisotopic (exact) mass is 674 g/mol. The fourth-order valence-corrected chi connectivity index (χ4v) is 4.31. The summed E-state index contributed by atoms with van der Waals surface area (Å²) in [4.78, 5) is 23.0. The van der Waals surface area contributed by atoms with Gasteiger partial charge in [0.15, 0.2) is 5.65 Å². The molecule has 1 aliphatic carbocycles. The summed E-state index contributed by atoms with van der Waals surface area (Å²) in [7, 11) is 1.61. The Hall–Kier alpha value is -4.82. The predicted octanol–water partition coefficient (Wildman–Crippen LogP) is 2.22. The number of nitrogens with one attached hydrogen (secondary N) is 1. The van der Waals surface area contributed by atoms with Gasteiger partial charge in [0.25, 0.3) is 0 Å². The zero-order chi connectivity index (χ0) is 21.7. The maximum absolute atomic E-state index is 12.2. The molecule has 4 aromatic rings. The van der Waals surface area contributed by atoms with Crippen LogP contribution >= 0.6 is 0 Å². The van der Waals surface area contributed by atoms with Gasteiger partial charge in [0.1, 0.15) is 11.8 Å². The number of carbonyl (C=O) groups excluding carboxylic acids is 1. The Balaban J connectivity index is 0.00000228. The van der Waals surface area contributed by atoms with Crippen molar-refractivity contribution in [3.05, 3.63) is 42.8 Å². The standard InChI is InChI=1S/C22H23N8O2.Cm/c1-32-20-19-17(15-4-5-18-23-13-24-30(18)12-15)8-11-29(19)27-22(26-20)25-16-6-9-28(10-7-16)21(31)14-2-3-14;/h4-5,8,11-13,16H,2-3,6-7,9-10H2,1H3,(H,25,27);/q-1;. The Bertz CT molecular complexity index is 1310. The SMILES string of the molecule is COc1nc(NC2CCN(C(=O)[C-]3CC3)CC2)nn2ccc(-c3ccc4ncnn4c3)c12.[Cm]. The molecule has 2 aliphatic rings. The molecule has 5 heterocycles. The first-order valence-corrected chi connectivity index (χ1v) is 10.8. The zero-order valence-corrected chi connectivity index (χ0v) is 21.0. The molecule has 0 unspecified atom stereocenters. The quantitative estimate of drug-likeness (QED) is 0.324. The number of carbonyl (C=O) groups is 1. The van der Waals surface area contributed by atoms with Crippen molar-refractivity contribution in [2.24, 2.45) is 0 Å². The van der Waals surface area contributed by atoms with E-state index in [1.54, 1.807) is 16.1 Å². The van der Waals surface area contributed by atoms with E-state index in [0.717, 1.165) is 67.0 Å². The Morgan fingerprint density at radius 1 is 1.18 bits per heavy atom. The molecule has 33 heavy (non-hydrogen) atoms. The van der Waals surface area contributed by atoms with E-state index in [4.69, 9.17) is 4.74 Å². The van der Waals surface area contributed by atoms with Crippen molar-refractivity contribution in [2.45, 2.75) is 31.7 Å². The van der Waals surface area contributed by atoms with E-state index in [1.807, 2.05) is 35.5 Å². The van der Waals surface area contributed by atoms with Crippen LogP contribution in [0, 0.1) is 5.92 Å². The number of aromatic nitrogens is 6. The number of fused-ring (bicyclic) bond motifs is 2. The number of hydrogen-bond acceptors (Lipinski definition) is 7. The van der Waals surface area contributed by atoms with Crippen molar-refractivity contribution in [1.82, 2.24) is 34.1 Å². The van der Waals surface area contributed by atoms with Crippen molar-refractivity contribution in [2.75, 3.05) is 25.5 Å². The summed E-state index contributed by atoms with van der Waals surface area (Å²) < 4.78 is 9.16. The summed E-state index contributed by atoms with van der Waals surface area (Å²) in [6.07, 6.45) is 9.04. The van der Waals surface area contributed by atoms with Crippen LogP contribution in [0.4, 0.5) is 5.95 Å². The third-order valence-electron chi connectivity index (χ3n) is 6.18. The maximum Gasteiger partial charge on any atom is 0.244 e. The summed E-state index contributed by atoms with van der Waals surface area (Å²) in [6, 6.07) is 6.14. The minimum Gasteiger partial charge on any atom is -0.479 e. The molecule has 0 bridgehead atoms. The number of rotatable bonds is 5. The first-order chi connectivity index (χ1) is 15.7. The first kappa shape index (κ1) is 20.1. The molecule has 10 nitrogen and oxygen atoms in total. The van der Waals surface area contributed by atoms with Gasteiger partial charge < -0.3 is 19.7 Å². The second-order valence-corrected chi connectivity index (χ2v) is 8.26. The molecule has 2 fully saturated rings. The van der Waals surface area contributed by atoms with Gasteiger partial charge in [-0.05, 0) is 31.0 Å². The molecule has 1 saturated heterocycles. The van der Waals surface area contributed by atoms with Gasteiger partial charge in [-0.1, -0.05) is 0 Å². The third-order valence-corrected chi connectivity index (χ3v) is 6.18. The number of nitrogens with zero attached hydrogens (tertiary/aromatic N) is 7. The Kier molecular flexibility index (Phi) is 4.69. The zero-order valence-electron chi connectivity index (χ0n) is 18.1. The molecule has 172 valence electrons. The van der Waals surface area contributed by atoms with Crippen LogP contribution in [0.15, 0.2) is 36.9 Å². The van der Waals surface area contributed by atoms with Crippen molar-refractivity contribution in [3.8, 4) is 17.0 Å². The van der Waals surface area contributed by atoms with E-state index in [0.29, 0.717) is 11.8 Å². The van der Waals surface area contributed by atoms with E-state index in [-0.39, 0.29) is 11.9 Å². The van der Waals surface area contributed by atoms with E-state index >= 15 is 0 Å². The molecule has 1 N–H and O–H groups in total. The van der Waals surface area contributed by atoms with Gasteiger partial charge in [0.05, 0.1) is 13.0 Å². The molecular formula is C22H23CmN8O2-. The average molecular weight is 678 g/mol. The second kappa shape index (κ2) is 7.70. The fraction of sp³-hybridized carbons (Fsp3) is 0.364. The van der Waals surface area contributed by atoms with Gasteiger partial charge in [-0.15, -0.1) is 5.10 Å². The summed E-state index contributed by atoms with van der Waals surface area (Å²) in [5, 5.41) is 12.3. The molecule has 6 rings (SSSR count). The van der Waals surface area contributed by atoms with Crippen molar-refractivity contribution >= 4 is 23.0 Å². The van der Waals surface area contributed by atoms with Crippen molar-refractivity contribution in [1.29, 1.82) is 0 Å². The van der Waals surface area contributed by atoms with Crippen LogP contribution in [0.3, 0.4) is 0 Å². The van der Waals surface area contributed by atoms with Crippen LogP contribution in [0.2, 0.25) is 0 Å². The Morgan fingerprint density at radius 2 is 2.00 bits per heavy atom. The van der Waals surface area contributed by atoms with Gasteiger partial charge in [0, 0.05) is 42.7 Å². The molecule has 1 aliphatic heterocycles. The number of methoxy groups -OCH3 is 1. The number of likely N-dealkylation sites (tertiary alicyclic amines) is 1. The van der Waals surface area contributed by atoms with Crippen LogP contribution in [-0.2, 0) is 4.79 Å². The molecule has 1 amide bonds. The summed E-state index contributed by atoms with van der Waals surface area (Å²) >= 11 is 0. The Morgan fingerprint density at radius 3 is 2.76 bits per heavy atom. The molecule has 1 saturated carbocycles. The number of pyridine rings is 1. The van der Waals surface area contributed by atoms with E-state index < -0.39 is 0 Å². The van der Waals surface area contributed by atoms with Gasteiger partial charge in [-0.3, -0.25) is 5.92 Å². The first-order valence-electron chi connectivity index (χ1n) is 10.8. The number of hydrogen-bond donors (Lipinski definition) is 1. The Labute approximate surface area is 184 Å². The number of ether oxygens (including phenoxy) is 1. The van der Waals surface area contributed by atoms with Crippen LogP contribution in [-0.4, -0.2) is 66.2 Å². The van der Waals surface area contributed by atoms with E-state index in [9.17, 15) is 4.79 Å². The molecule has 0 spiro atoms. The van der Waals surface area contributed by atoms with Crippen molar-refractivity contribution < 1.29 is 9.53 Å². The third kappa shape index (κ3) is 3.50. The van der Waals surface area contributed by atoms with Gasteiger partial charge in [-0.2, -0.15) is 22.9 Å². The van der Waals surface area contributed by atoms with E-state index in [2.05, 4.69) is 25.5 Å². The summed E-state index contributed by atoms with van der Waals surface area (Å²) in [5.74, 6) is 2.33. The topological polar surface area (TPSA) is 102 Å². The second-order valence-electron chi connectivity index (χ2n) is 8.26. The number of piperidine rings is 1. The van der Waals surface area contributed by atoms with Crippen LogP contribution in [0.5, 0.6) is 5.88 Å². The summed E-state index contributed by atoms with van der Waals surface area (Å²) in [6.45, 7) is 1.52. The smallest absolute Gasteiger partial charge is 0.244 e. The largest absolute Gasteiger partial charge is 0.479 e. The molecule has 0 atom stereocenters. The number of amides is 1. The fourth-order valence-electron chi connectivity index (χ4n) is 4.31. The number of anilines is 1. The van der Waals surface area contributed by atoms with Crippen LogP contribution < -0.4 is 10.1 Å². The minimum atomic E-state index is 0. The average Bonchev–Trinajstić information content (AvgIpc) is 3.41. The molecule has 0 aromatic carbocycles. The van der Waals surface area contributed by atoms with E-state index in [1.165, 1.54) is 6.33 Å². The summed E-state index contributed by atoms with van der Waals surface area (Å²) in [5.41, 5.74) is 3.50. The van der Waals surface area contributed by atoms with Crippen molar-refractivity contribution in [3.63, 3.8) is 0 Å². The van der Waals surface area contributed by atoms with Crippen LogP contribution in [0.1, 0.15) is 25.7 Å². The molecule has 0 radical (unpaired) electrons. The molecular weight excluding hydrogens is 655 g/mol. The van der Waals surface area contributed by atoms with Gasteiger partial charge in [-0.25, -0.2) is 14.0 Å². The van der Waals surface area contributed by atoms with Gasteiger partial charge in [0.2, 0.25) is 11.8 Å². The predicted molar refractivity (Wildman–Crippen MR) is 117 cm³/mol. The normalized spacial score (nSPS) is 16.2. The molecule has 4 aromatic heterocycles.